The van der Waals surface area contributed by atoms with Crippen LogP contribution in [-0.2, 0) is 17.6 Å². The van der Waals surface area contributed by atoms with Crippen LogP contribution in [0, 0.1) is 14.4 Å². The number of hydrogen-bond acceptors (Lipinski definition) is 2. The van der Waals surface area contributed by atoms with Crippen molar-refractivity contribution >= 4 is 65.2 Å². The Morgan fingerprint density at radius 1 is 0.532 bits per heavy atom. The topological polar surface area (TPSA) is 24.7 Å². The molecule has 0 aliphatic carbocycles. The Kier molecular flexibility index (Phi) is 13.4. The van der Waals surface area contributed by atoms with Crippen LogP contribution in [0.5, 0.6) is 0 Å². The first kappa shape index (κ1) is 35.7. The van der Waals surface area contributed by atoms with Gasteiger partial charge in [0.2, 0.25) is 0 Å². The summed E-state index contributed by atoms with van der Waals surface area (Å²) in [7, 11) is 4.67. The van der Waals surface area contributed by atoms with E-state index in [-0.39, 0.29) is 7.43 Å². The Labute approximate surface area is 294 Å². The molecule has 7 rings (SSSR count). The van der Waals surface area contributed by atoms with Gasteiger partial charge in [0.25, 0.3) is 0 Å². The third kappa shape index (κ3) is 8.81. The van der Waals surface area contributed by atoms with Gasteiger partial charge in [-0.25, -0.2) is 0 Å². The fourth-order valence-corrected chi connectivity index (χ4v) is 5.75. The van der Waals surface area contributed by atoms with Gasteiger partial charge < -0.3 is 7.43 Å². The van der Waals surface area contributed by atoms with E-state index in [1.807, 2.05) is 12.4 Å². The van der Waals surface area contributed by atoms with E-state index in [2.05, 4.69) is 164 Å². The molecular weight excluding hydrogens is 770 g/mol. The van der Waals surface area contributed by atoms with E-state index in [1.165, 1.54) is 82.9 Å². The van der Waals surface area contributed by atoms with Gasteiger partial charge in [-0.2, -0.15) is 0 Å². The van der Waals surface area contributed by atoms with Crippen molar-refractivity contribution in [3.05, 3.63) is 163 Å². The zero-order valence-electron chi connectivity index (χ0n) is 27.5. The first-order valence-electron chi connectivity index (χ1n) is 15.6. The predicted octanol–water partition coefficient (Wildman–Crippen LogP) is 12.1. The number of benzene rings is 7. The average Bonchev–Trinajstić information content (AvgIpc) is 3.10. The predicted molar refractivity (Wildman–Crippen MR) is 205 cm³/mol. The van der Waals surface area contributed by atoms with E-state index in [0.29, 0.717) is 19.0 Å². The number of aryl methyl sites for hydroxylation is 1. The standard InChI is InChI=1S/C32H24N2.C10H14.CH3.ClH.Os/c1-5-13-27-23(9-1)19-24-10-2-6-14-28(24)31(27)21-33-17-18-34-22-32-29-15-7-3-11-25(29)20-26-12-4-8-16-30(26)32;1-8(2)10-6-4-9(3)5-7-10;;;/h1-16,19-22H,17-18H2;4-8H,1-3H3;1H3;1H;/q;;-1;;+1/p-1. The van der Waals surface area contributed by atoms with Crippen molar-refractivity contribution in [3.8, 4) is 0 Å². The minimum atomic E-state index is 0. The van der Waals surface area contributed by atoms with Crippen LogP contribution in [0.15, 0.2) is 143 Å². The average molecular weight is 811 g/mol. The van der Waals surface area contributed by atoms with Gasteiger partial charge in [-0.05, 0) is 73.6 Å². The molecule has 0 bridgehead atoms. The van der Waals surface area contributed by atoms with Gasteiger partial charge in [-0.3, -0.25) is 9.98 Å². The van der Waals surface area contributed by atoms with E-state index >= 15 is 0 Å². The summed E-state index contributed by atoms with van der Waals surface area (Å²) in [6.45, 7) is 7.84. The number of halogens is 1. The molecule has 2 nitrogen and oxygen atoms in total. The van der Waals surface area contributed by atoms with Gasteiger partial charge >= 0.3 is 27.2 Å². The summed E-state index contributed by atoms with van der Waals surface area (Å²) in [4.78, 5) is 9.52. The molecule has 4 heteroatoms. The summed E-state index contributed by atoms with van der Waals surface area (Å²) >= 11 is 1.33. The molecule has 47 heavy (non-hydrogen) atoms. The summed E-state index contributed by atoms with van der Waals surface area (Å²) < 4.78 is 0. The van der Waals surface area contributed by atoms with E-state index in [1.54, 1.807) is 0 Å². The molecule has 239 valence electrons. The molecule has 7 aromatic rings. The first-order chi connectivity index (χ1) is 22.6. The summed E-state index contributed by atoms with van der Waals surface area (Å²) in [5.41, 5.74) is 5.12. The molecule has 0 aromatic heterocycles. The summed E-state index contributed by atoms with van der Waals surface area (Å²) in [5.74, 6) is 0.653. The van der Waals surface area contributed by atoms with Crippen LogP contribution in [0.4, 0.5) is 0 Å². The Morgan fingerprint density at radius 3 is 1.17 bits per heavy atom. The van der Waals surface area contributed by atoms with Crippen LogP contribution < -0.4 is 0 Å². The fourth-order valence-electron chi connectivity index (χ4n) is 5.75. The van der Waals surface area contributed by atoms with Gasteiger partial charge in [-0.1, -0.05) is 141 Å². The van der Waals surface area contributed by atoms with E-state index in [0.717, 1.165) is 0 Å². The van der Waals surface area contributed by atoms with Crippen molar-refractivity contribution in [2.75, 3.05) is 13.1 Å². The Morgan fingerprint density at radius 2 is 0.851 bits per heavy atom. The van der Waals surface area contributed by atoms with Crippen molar-refractivity contribution in [1.29, 1.82) is 0 Å². The number of rotatable bonds is 6. The van der Waals surface area contributed by atoms with Crippen LogP contribution >= 0.6 is 9.64 Å². The van der Waals surface area contributed by atoms with Crippen LogP contribution in [0.2, 0.25) is 0 Å². The molecule has 0 radical (unpaired) electrons. The van der Waals surface area contributed by atoms with Crippen molar-refractivity contribution in [2.24, 2.45) is 9.98 Å². The van der Waals surface area contributed by atoms with Crippen LogP contribution in [-0.4, -0.2) is 25.5 Å². The molecular formula is C43H41ClN2Os-. The number of hydrogen-bond donors (Lipinski definition) is 0. The van der Waals surface area contributed by atoms with Crippen LogP contribution in [0.25, 0.3) is 43.1 Å². The SMILES string of the molecule is C(=NCCN=Cc1c2ccccc2cc2ccccc12)c1c2ccccc2cc2ccccc12.Cc1ccc(C(C)C)cc1.[CH3-].[Cl][Os]. The Hall–Kier alpha value is -4.15. The molecule has 0 N–H and O–H groups in total. The molecule has 0 fully saturated rings. The summed E-state index contributed by atoms with van der Waals surface area (Å²) in [5, 5.41) is 9.89. The van der Waals surface area contributed by atoms with Gasteiger partial charge in [0.1, 0.15) is 0 Å². The quantitative estimate of drug-likeness (QED) is 0.0692. The maximum absolute atomic E-state index is 4.76. The molecule has 0 saturated heterocycles. The zero-order valence-corrected chi connectivity index (χ0v) is 30.8. The number of fused-ring (bicyclic) bond motifs is 4. The third-order valence-corrected chi connectivity index (χ3v) is 8.17. The second-order valence-corrected chi connectivity index (χ2v) is 11.6. The summed E-state index contributed by atoms with van der Waals surface area (Å²) in [6, 6.07) is 47.3. The molecule has 0 unspecified atom stereocenters. The second kappa shape index (κ2) is 17.7. The first-order valence-corrected chi connectivity index (χ1v) is 18.7. The monoisotopic (exact) mass is 812 g/mol. The van der Waals surface area contributed by atoms with E-state index in [4.69, 9.17) is 9.98 Å². The van der Waals surface area contributed by atoms with Gasteiger partial charge in [0.05, 0.1) is 13.1 Å². The summed E-state index contributed by atoms with van der Waals surface area (Å²) in [6.07, 6.45) is 4.04. The second-order valence-electron chi connectivity index (χ2n) is 11.6. The van der Waals surface area contributed by atoms with Gasteiger partial charge in [0.15, 0.2) is 0 Å². The van der Waals surface area contributed by atoms with E-state index < -0.39 is 0 Å². The van der Waals surface area contributed by atoms with E-state index in [9.17, 15) is 0 Å². The van der Waals surface area contributed by atoms with Crippen LogP contribution in [0.1, 0.15) is 42.0 Å². The maximum atomic E-state index is 4.76. The molecule has 0 heterocycles. The van der Waals surface area contributed by atoms with Crippen molar-refractivity contribution in [1.82, 2.24) is 0 Å². The normalized spacial score (nSPS) is 11.1. The Bertz CT molecular complexity index is 1880. The fraction of sp³-hybridized carbons (Fsp3) is 0.140. The van der Waals surface area contributed by atoms with Crippen molar-refractivity contribution < 1.29 is 17.6 Å². The molecule has 0 aliphatic heterocycles. The molecule has 0 saturated carbocycles. The number of aliphatic imine (C=N–C) groups is 2. The molecule has 0 atom stereocenters. The molecule has 0 aliphatic rings. The molecule has 0 spiro atoms. The molecule has 7 aromatic carbocycles. The van der Waals surface area contributed by atoms with Crippen molar-refractivity contribution in [3.63, 3.8) is 0 Å². The van der Waals surface area contributed by atoms with Crippen molar-refractivity contribution in [2.45, 2.75) is 26.7 Å². The number of nitrogens with zero attached hydrogens (tertiary/aromatic N) is 2. The third-order valence-electron chi connectivity index (χ3n) is 8.17. The zero-order chi connectivity index (χ0) is 32.3. The van der Waals surface area contributed by atoms with Gasteiger partial charge in [-0.15, -0.1) is 0 Å². The minimum absolute atomic E-state index is 0. The van der Waals surface area contributed by atoms with Crippen LogP contribution in [0.3, 0.4) is 0 Å². The Balaban J connectivity index is 0.000000329. The van der Waals surface area contributed by atoms with Gasteiger partial charge in [0, 0.05) is 23.6 Å². The molecule has 0 amide bonds.